The molecule has 0 aromatic heterocycles. The van der Waals surface area contributed by atoms with Crippen molar-refractivity contribution < 1.29 is 5.11 Å². The van der Waals surface area contributed by atoms with E-state index in [-0.39, 0.29) is 5.60 Å². The summed E-state index contributed by atoms with van der Waals surface area (Å²) in [5, 5.41) is 9.77. The molecule has 0 aliphatic heterocycles. The SMILES string of the molecule is CC.CC.CCCCCCCC1(O)CCC1. The molecule has 1 saturated carbocycles. The molecular formula is C15H34O. The van der Waals surface area contributed by atoms with E-state index >= 15 is 0 Å². The van der Waals surface area contributed by atoms with E-state index in [0.29, 0.717) is 0 Å². The third kappa shape index (κ3) is 9.21. The maximum atomic E-state index is 9.77. The van der Waals surface area contributed by atoms with Gasteiger partial charge in [-0.05, 0) is 25.7 Å². The molecule has 0 heterocycles. The molecular weight excluding hydrogens is 196 g/mol. The van der Waals surface area contributed by atoms with Crippen LogP contribution in [0.5, 0.6) is 0 Å². The van der Waals surface area contributed by atoms with Gasteiger partial charge in [0.15, 0.2) is 0 Å². The van der Waals surface area contributed by atoms with Gasteiger partial charge in [-0.2, -0.15) is 0 Å². The highest BCUT2D eigenvalue weighted by Gasteiger charge is 2.33. The zero-order valence-corrected chi connectivity index (χ0v) is 12.3. The Balaban J connectivity index is 0. The van der Waals surface area contributed by atoms with Crippen molar-refractivity contribution in [1.29, 1.82) is 0 Å². The standard InChI is InChI=1S/C11H22O.2C2H6/c1-2-3-4-5-6-8-11(12)9-7-10-11;2*1-2/h12H,2-10H2,1H3;2*1-2H3. The molecule has 1 fully saturated rings. The first-order chi connectivity index (χ1) is 7.77. The van der Waals surface area contributed by atoms with Gasteiger partial charge in [-0.25, -0.2) is 0 Å². The average Bonchev–Trinajstić information content (AvgIpc) is 2.32. The lowest BCUT2D eigenvalue weighted by molar-refractivity contribution is -0.0419. The molecule has 0 amide bonds. The van der Waals surface area contributed by atoms with Crippen LogP contribution in [0, 0.1) is 0 Å². The molecule has 0 bridgehead atoms. The summed E-state index contributed by atoms with van der Waals surface area (Å²) in [5.74, 6) is 0. The van der Waals surface area contributed by atoms with Crippen LogP contribution in [0.25, 0.3) is 0 Å². The van der Waals surface area contributed by atoms with Gasteiger partial charge in [0.1, 0.15) is 0 Å². The summed E-state index contributed by atoms with van der Waals surface area (Å²) in [6.07, 6.45) is 11.0. The topological polar surface area (TPSA) is 20.2 Å². The second-order valence-corrected chi connectivity index (χ2v) is 4.24. The van der Waals surface area contributed by atoms with Gasteiger partial charge in [-0.15, -0.1) is 0 Å². The summed E-state index contributed by atoms with van der Waals surface area (Å²) in [6.45, 7) is 10.2. The zero-order valence-electron chi connectivity index (χ0n) is 12.3. The second-order valence-electron chi connectivity index (χ2n) is 4.24. The normalized spacial score (nSPS) is 16.1. The molecule has 100 valence electrons. The van der Waals surface area contributed by atoms with Crippen LogP contribution >= 0.6 is 0 Å². The predicted octanol–water partition coefficient (Wildman–Crippen LogP) is 5.31. The second kappa shape index (κ2) is 13.0. The number of hydrogen-bond donors (Lipinski definition) is 1. The van der Waals surface area contributed by atoms with Crippen molar-refractivity contribution in [3.05, 3.63) is 0 Å². The summed E-state index contributed by atoms with van der Waals surface area (Å²) in [7, 11) is 0. The van der Waals surface area contributed by atoms with Crippen LogP contribution in [0.15, 0.2) is 0 Å². The van der Waals surface area contributed by atoms with Crippen molar-refractivity contribution in [3.63, 3.8) is 0 Å². The summed E-state index contributed by atoms with van der Waals surface area (Å²) in [4.78, 5) is 0. The summed E-state index contributed by atoms with van der Waals surface area (Å²) >= 11 is 0. The van der Waals surface area contributed by atoms with Gasteiger partial charge in [0.2, 0.25) is 0 Å². The van der Waals surface area contributed by atoms with Gasteiger partial charge in [-0.1, -0.05) is 66.7 Å². The number of hydrogen-bond acceptors (Lipinski definition) is 1. The van der Waals surface area contributed by atoms with E-state index in [1.54, 1.807) is 0 Å². The van der Waals surface area contributed by atoms with E-state index in [1.165, 1.54) is 38.5 Å². The van der Waals surface area contributed by atoms with Gasteiger partial charge >= 0.3 is 0 Å². The van der Waals surface area contributed by atoms with Crippen LogP contribution in [-0.4, -0.2) is 10.7 Å². The molecule has 0 unspecified atom stereocenters. The Kier molecular flexibility index (Phi) is 14.9. The number of rotatable bonds is 6. The fourth-order valence-electron chi connectivity index (χ4n) is 1.89. The maximum Gasteiger partial charge on any atom is 0.0647 e. The van der Waals surface area contributed by atoms with Crippen molar-refractivity contribution >= 4 is 0 Å². The van der Waals surface area contributed by atoms with E-state index in [9.17, 15) is 5.11 Å². The Morgan fingerprint density at radius 1 is 0.875 bits per heavy atom. The van der Waals surface area contributed by atoms with Crippen molar-refractivity contribution in [2.45, 2.75) is 98.0 Å². The summed E-state index contributed by atoms with van der Waals surface area (Å²) < 4.78 is 0. The van der Waals surface area contributed by atoms with E-state index in [1.807, 2.05) is 27.7 Å². The minimum atomic E-state index is -0.230. The lowest BCUT2D eigenvalue weighted by Crippen LogP contribution is -2.36. The van der Waals surface area contributed by atoms with E-state index < -0.39 is 0 Å². The molecule has 1 heteroatoms. The van der Waals surface area contributed by atoms with Crippen LogP contribution in [-0.2, 0) is 0 Å². The molecule has 1 rings (SSSR count). The molecule has 1 nitrogen and oxygen atoms in total. The van der Waals surface area contributed by atoms with Crippen LogP contribution < -0.4 is 0 Å². The summed E-state index contributed by atoms with van der Waals surface area (Å²) in [5.41, 5.74) is -0.230. The molecule has 0 atom stereocenters. The molecule has 0 saturated heterocycles. The first-order valence-electron chi connectivity index (χ1n) is 7.49. The Morgan fingerprint density at radius 2 is 1.38 bits per heavy atom. The predicted molar refractivity (Wildman–Crippen MR) is 74.9 cm³/mol. The van der Waals surface area contributed by atoms with Crippen molar-refractivity contribution in [2.75, 3.05) is 0 Å². The lowest BCUT2D eigenvalue weighted by Gasteiger charge is -2.36. The maximum absolute atomic E-state index is 9.77. The molecule has 16 heavy (non-hydrogen) atoms. The molecule has 1 aliphatic rings. The van der Waals surface area contributed by atoms with Crippen LogP contribution in [0.4, 0.5) is 0 Å². The minimum Gasteiger partial charge on any atom is -0.390 e. The third-order valence-corrected chi connectivity index (χ3v) is 3.03. The Morgan fingerprint density at radius 3 is 1.75 bits per heavy atom. The molecule has 0 spiro atoms. The molecule has 0 aromatic rings. The molecule has 0 radical (unpaired) electrons. The molecule has 0 aromatic carbocycles. The van der Waals surface area contributed by atoms with E-state index in [2.05, 4.69) is 6.92 Å². The molecule has 1 aliphatic carbocycles. The average molecular weight is 230 g/mol. The van der Waals surface area contributed by atoms with Gasteiger partial charge in [0.05, 0.1) is 5.60 Å². The Labute approximate surface area is 104 Å². The largest absolute Gasteiger partial charge is 0.390 e. The number of aliphatic hydroxyl groups is 1. The Bertz CT molecular complexity index is 117. The fourth-order valence-corrected chi connectivity index (χ4v) is 1.89. The van der Waals surface area contributed by atoms with E-state index in [4.69, 9.17) is 0 Å². The minimum absolute atomic E-state index is 0.230. The smallest absolute Gasteiger partial charge is 0.0647 e. The van der Waals surface area contributed by atoms with Crippen molar-refractivity contribution in [3.8, 4) is 0 Å². The highest BCUT2D eigenvalue weighted by Crippen LogP contribution is 2.35. The van der Waals surface area contributed by atoms with E-state index in [0.717, 1.165) is 19.3 Å². The van der Waals surface area contributed by atoms with Crippen LogP contribution in [0.1, 0.15) is 92.4 Å². The van der Waals surface area contributed by atoms with Crippen molar-refractivity contribution in [1.82, 2.24) is 0 Å². The van der Waals surface area contributed by atoms with Crippen molar-refractivity contribution in [2.24, 2.45) is 0 Å². The fraction of sp³-hybridized carbons (Fsp3) is 1.00. The van der Waals surface area contributed by atoms with Gasteiger partial charge < -0.3 is 5.11 Å². The van der Waals surface area contributed by atoms with Crippen LogP contribution in [0.2, 0.25) is 0 Å². The highest BCUT2D eigenvalue weighted by atomic mass is 16.3. The first kappa shape index (κ1) is 18.3. The molecule has 1 N–H and O–H groups in total. The summed E-state index contributed by atoms with van der Waals surface area (Å²) in [6, 6.07) is 0. The monoisotopic (exact) mass is 230 g/mol. The van der Waals surface area contributed by atoms with Gasteiger partial charge in [0, 0.05) is 0 Å². The lowest BCUT2D eigenvalue weighted by atomic mass is 9.77. The highest BCUT2D eigenvalue weighted by molar-refractivity contribution is 4.86. The quantitative estimate of drug-likeness (QED) is 0.613. The number of unbranched alkanes of at least 4 members (excludes halogenated alkanes) is 4. The van der Waals surface area contributed by atoms with Gasteiger partial charge in [0.25, 0.3) is 0 Å². The Hall–Kier alpha value is -0.0400. The third-order valence-electron chi connectivity index (χ3n) is 3.03. The van der Waals surface area contributed by atoms with Crippen LogP contribution in [0.3, 0.4) is 0 Å². The first-order valence-corrected chi connectivity index (χ1v) is 7.49. The zero-order chi connectivity index (χ0) is 12.9. The van der Waals surface area contributed by atoms with Gasteiger partial charge in [-0.3, -0.25) is 0 Å².